The smallest absolute Gasteiger partial charge is 0.220 e. The van der Waals surface area contributed by atoms with Gasteiger partial charge in [0.05, 0.1) is 11.7 Å². The summed E-state index contributed by atoms with van der Waals surface area (Å²) < 4.78 is 2.21. The van der Waals surface area contributed by atoms with Crippen LogP contribution in [0.2, 0.25) is 0 Å². The standard InChI is InChI=1S/C24H30N6O/c1-16(31)30-11-6-9-22(30)24-26-20-15-29(12-10-19(20)23(25-2)27-24)14-17-13-28(3)21-8-5-4-7-18(17)21/h4-5,7-8,13,22H,6,9-12,14-15H2,1-3H3,(H,25,26,27)/t22-/m1/s1. The van der Waals surface area contributed by atoms with E-state index < -0.39 is 0 Å². The molecule has 4 heterocycles. The highest BCUT2D eigenvalue weighted by Crippen LogP contribution is 2.33. The fourth-order valence-corrected chi connectivity index (χ4v) is 5.20. The minimum atomic E-state index is -0.0108. The number of aromatic nitrogens is 3. The highest BCUT2D eigenvalue weighted by atomic mass is 16.2. The second-order valence-electron chi connectivity index (χ2n) is 8.72. The van der Waals surface area contributed by atoms with Gasteiger partial charge in [-0.25, -0.2) is 9.97 Å². The Morgan fingerprint density at radius 2 is 2.06 bits per heavy atom. The molecule has 0 aliphatic carbocycles. The third-order valence-electron chi connectivity index (χ3n) is 6.73. The van der Waals surface area contributed by atoms with Crippen LogP contribution in [0.15, 0.2) is 30.5 Å². The molecule has 7 nitrogen and oxygen atoms in total. The molecule has 2 aliphatic rings. The zero-order valence-electron chi connectivity index (χ0n) is 18.6. The number of benzene rings is 1. The molecule has 2 aromatic heterocycles. The molecule has 0 spiro atoms. The number of nitrogens with one attached hydrogen (secondary N) is 1. The van der Waals surface area contributed by atoms with E-state index in [9.17, 15) is 4.79 Å². The minimum Gasteiger partial charge on any atom is -0.373 e. The number of carbonyl (C=O) groups is 1. The van der Waals surface area contributed by atoms with E-state index in [0.717, 1.165) is 62.8 Å². The van der Waals surface area contributed by atoms with Crippen LogP contribution in [0.25, 0.3) is 10.9 Å². The molecule has 3 aromatic rings. The van der Waals surface area contributed by atoms with Crippen molar-refractivity contribution in [3.05, 3.63) is 53.1 Å². The third kappa shape index (κ3) is 3.57. The topological polar surface area (TPSA) is 66.3 Å². The number of hydrogen-bond acceptors (Lipinski definition) is 5. The Bertz CT molecular complexity index is 1140. The lowest BCUT2D eigenvalue weighted by molar-refractivity contribution is -0.129. The Balaban J connectivity index is 1.44. The van der Waals surface area contributed by atoms with E-state index in [4.69, 9.17) is 9.97 Å². The molecule has 1 amide bonds. The number of amides is 1. The SMILES string of the molecule is CNc1nc([C@H]2CCCN2C(C)=O)nc2c1CCN(Cc1cn(C)c3ccccc13)C2. The summed E-state index contributed by atoms with van der Waals surface area (Å²) in [6, 6.07) is 8.57. The average molecular weight is 419 g/mol. The lowest BCUT2D eigenvalue weighted by atomic mass is 10.0. The van der Waals surface area contributed by atoms with Crippen molar-refractivity contribution in [2.75, 3.05) is 25.5 Å². The maximum Gasteiger partial charge on any atom is 0.220 e. The third-order valence-corrected chi connectivity index (χ3v) is 6.73. The van der Waals surface area contributed by atoms with Crippen LogP contribution in [0.3, 0.4) is 0 Å². The molecule has 31 heavy (non-hydrogen) atoms. The number of fused-ring (bicyclic) bond motifs is 2. The molecule has 5 rings (SSSR count). The van der Waals surface area contributed by atoms with Crippen LogP contribution in [0.4, 0.5) is 5.82 Å². The van der Waals surface area contributed by atoms with E-state index in [1.54, 1.807) is 6.92 Å². The second-order valence-corrected chi connectivity index (χ2v) is 8.72. The van der Waals surface area contributed by atoms with E-state index in [1.807, 2.05) is 11.9 Å². The first-order valence-electron chi connectivity index (χ1n) is 11.1. The fourth-order valence-electron chi connectivity index (χ4n) is 5.20. The number of nitrogens with zero attached hydrogens (tertiary/aromatic N) is 5. The predicted molar refractivity (Wildman–Crippen MR) is 122 cm³/mol. The van der Waals surface area contributed by atoms with Gasteiger partial charge in [0.1, 0.15) is 5.82 Å². The predicted octanol–water partition coefficient (Wildman–Crippen LogP) is 3.25. The first-order valence-corrected chi connectivity index (χ1v) is 11.1. The van der Waals surface area contributed by atoms with Gasteiger partial charge >= 0.3 is 0 Å². The Hall–Kier alpha value is -2.93. The van der Waals surface area contributed by atoms with Crippen LogP contribution in [-0.2, 0) is 31.4 Å². The molecule has 162 valence electrons. The molecule has 7 heteroatoms. The molecule has 0 radical (unpaired) electrons. The summed E-state index contributed by atoms with van der Waals surface area (Å²) in [6.45, 7) is 5.12. The van der Waals surface area contributed by atoms with Crippen molar-refractivity contribution in [3.8, 4) is 0 Å². The summed E-state index contributed by atoms with van der Waals surface area (Å²) in [4.78, 5) is 26.3. The molecule has 0 bridgehead atoms. The summed E-state index contributed by atoms with van der Waals surface area (Å²) >= 11 is 0. The number of rotatable bonds is 4. The highest BCUT2D eigenvalue weighted by Gasteiger charge is 2.32. The normalized spacial score (nSPS) is 19.1. The largest absolute Gasteiger partial charge is 0.373 e. The van der Waals surface area contributed by atoms with Crippen LogP contribution in [0, 0.1) is 0 Å². The molecule has 1 N–H and O–H groups in total. The van der Waals surface area contributed by atoms with Gasteiger partial charge in [0, 0.05) is 69.9 Å². The Labute approximate surface area is 183 Å². The van der Waals surface area contributed by atoms with Gasteiger partial charge in [-0.1, -0.05) is 18.2 Å². The van der Waals surface area contributed by atoms with E-state index in [-0.39, 0.29) is 11.9 Å². The van der Waals surface area contributed by atoms with Gasteiger partial charge in [0.25, 0.3) is 0 Å². The Morgan fingerprint density at radius 3 is 2.87 bits per heavy atom. The maximum absolute atomic E-state index is 12.1. The van der Waals surface area contributed by atoms with Gasteiger partial charge in [-0.15, -0.1) is 0 Å². The summed E-state index contributed by atoms with van der Waals surface area (Å²) in [5.74, 6) is 1.80. The molecule has 1 fully saturated rings. The number of likely N-dealkylation sites (tertiary alicyclic amines) is 1. The fraction of sp³-hybridized carbons (Fsp3) is 0.458. The van der Waals surface area contributed by atoms with Gasteiger partial charge in [0.15, 0.2) is 5.82 Å². The molecule has 1 aromatic carbocycles. The molecule has 0 saturated carbocycles. The molecule has 2 aliphatic heterocycles. The van der Waals surface area contributed by atoms with Crippen LogP contribution in [0.5, 0.6) is 0 Å². The number of carbonyl (C=O) groups excluding carboxylic acids is 1. The number of hydrogen-bond donors (Lipinski definition) is 1. The highest BCUT2D eigenvalue weighted by molar-refractivity contribution is 5.83. The summed E-state index contributed by atoms with van der Waals surface area (Å²) in [7, 11) is 4.03. The molecular formula is C24H30N6O. The van der Waals surface area contributed by atoms with Crippen LogP contribution in [0.1, 0.15) is 48.5 Å². The summed E-state index contributed by atoms with van der Waals surface area (Å²) in [6.07, 6.45) is 5.11. The van der Waals surface area contributed by atoms with Crippen molar-refractivity contribution in [2.24, 2.45) is 7.05 Å². The number of anilines is 1. The van der Waals surface area contributed by atoms with Gasteiger partial charge < -0.3 is 14.8 Å². The van der Waals surface area contributed by atoms with E-state index >= 15 is 0 Å². The van der Waals surface area contributed by atoms with Crippen molar-refractivity contribution < 1.29 is 4.79 Å². The molecular weight excluding hydrogens is 388 g/mol. The van der Waals surface area contributed by atoms with Gasteiger partial charge in [-0.05, 0) is 30.9 Å². The summed E-state index contributed by atoms with van der Waals surface area (Å²) in [5, 5.41) is 4.60. The zero-order valence-corrected chi connectivity index (χ0v) is 18.6. The zero-order chi connectivity index (χ0) is 21.5. The van der Waals surface area contributed by atoms with Crippen molar-refractivity contribution in [1.82, 2.24) is 24.3 Å². The van der Waals surface area contributed by atoms with E-state index in [1.165, 1.54) is 22.0 Å². The first-order chi connectivity index (χ1) is 15.0. The molecule has 1 saturated heterocycles. The van der Waals surface area contributed by atoms with Crippen molar-refractivity contribution in [3.63, 3.8) is 0 Å². The van der Waals surface area contributed by atoms with E-state index in [0.29, 0.717) is 0 Å². The van der Waals surface area contributed by atoms with Crippen molar-refractivity contribution >= 4 is 22.6 Å². The van der Waals surface area contributed by atoms with Crippen molar-refractivity contribution in [1.29, 1.82) is 0 Å². The van der Waals surface area contributed by atoms with Gasteiger partial charge in [-0.3, -0.25) is 9.69 Å². The van der Waals surface area contributed by atoms with Crippen LogP contribution < -0.4 is 5.32 Å². The molecule has 1 atom stereocenters. The number of para-hydroxylation sites is 1. The monoisotopic (exact) mass is 418 g/mol. The minimum absolute atomic E-state index is 0.0108. The maximum atomic E-state index is 12.1. The summed E-state index contributed by atoms with van der Waals surface area (Å²) in [5.41, 5.74) is 4.93. The second kappa shape index (κ2) is 7.96. The Kier molecular flexibility index (Phi) is 5.14. The van der Waals surface area contributed by atoms with E-state index in [2.05, 4.69) is 52.3 Å². The van der Waals surface area contributed by atoms with Crippen LogP contribution >= 0.6 is 0 Å². The van der Waals surface area contributed by atoms with Gasteiger partial charge in [-0.2, -0.15) is 0 Å². The lowest BCUT2D eigenvalue weighted by Gasteiger charge is -2.30. The van der Waals surface area contributed by atoms with Crippen molar-refractivity contribution in [2.45, 2.75) is 45.3 Å². The quantitative estimate of drug-likeness (QED) is 0.705. The number of aryl methyl sites for hydroxylation is 1. The first kappa shape index (κ1) is 20.0. The van der Waals surface area contributed by atoms with Gasteiger partial charge in [0.2, 0.25) is 5.91 Å². The van der Waals surface area contributed by atoms with Crippen LogP contribution in [-0.4, -0.2) is 50.4 Å². The molecule has 0 unspecified atom stereocenters. The average Bonchev–Trinajstić information content (AvgIpc) is 3.39. The Morgan fingerprint density at radius 1 is 1.23 bits per heavy atom. The lowest BCUT2D eigenvalue weighted by Crippen LogP contribution is -2.33.